The monoisotopic (exact) mass is 400 g/mol. The maximum atomic E-state index is 12.7. The van der Waals surface area contributed by atoms with E-state index in [1.165, 1.54) is 0 Å². The molecule has 2 fully saturated rings. The molecule has 2 N–H and O–H groups in total. The lowest BCUT2D eigenvalue weighted by molar-refractivity contribution is -0.138. The van der Waals surface area contributed by atoms with Gasteiger partial charge in [0, 0.05) is 30.8 Å². The molecule has 7 nitrogen and oxygen atoms in total. The van der Waals surface area contributed by atoms with Crippen LogP contribution in [-0.4, -0.2) is 56.8 Å². The van der Waals surface area contributed by atoms with Gasteiger partial charge in [0.15, 0.2) is 0 Å². The van der Waals surface area contributed by atoms with Crippen LogP contribution in [0.25, 0.3) is 0 Å². The molecule has 152 valence electrons. The highest BCUT2D eigenvalue weighted by Gasteiger charge is 2.54. The Morgan fingerprint density at radius 1 is 1.36 bits per heavy atom. The highest BCUT2D eigenvalue weighted by Crippen LogP contribution is 2.48. The van der Waals surface area contributed by atoms with Gasteiger partial charge < -0.3 is 14.9 Å². The van der Waals surface area contributed by atoms with Crippen LogP contribution in [0.15, 0.2) is 30.0 Å². The van der Waals surface area contributed by atoms with Gasteiger partial charge in [0.25, 0.3) is 0 Å². The summed E-state index contributed by atoms with van der Waals surface area (Å²) >= 11 is 0. The van der Waals surface area contributed by atoms with Gasteiger partial charge in [0.1, 0.15) is 6.10 Å². The molecule has 28 heavy (non-hydrogen) atoms. The second-order valence-electron chi connectivity index (χ2n) is 7.10. The second kappa shape index (κ2) is 7.08. The fourth-order valence-electron chi connectivity index (χ4n) is 4.24. The van der Waals surface area contributed by atoms with Crippen molar-refractivity contribution in [3.63, 3.8) is 0 Å². The summed E-state index contributed by atoms with van der Waals surface area (Å²) in [5, 5.41) is 18.6. The van der Waals surface area contributed by atoms with Gasteiger partial charge in [-0.1, -0.05) is 0 Å². The first-order valence-corrected chi connectivity index (χ1v) is 8.64. The molecule has 2 aliphatic rings. The molecule has 0 aromatic carbocycles. The third-order valence-corrected chi connectivity index (χ3v) is 5.57. The van der Waals surface area contributed by atoms with Crippen molar-refractivity contribution in [3.05, 3.63) is 35.5 Å². The van der Waals surface area contributed by atoms with Crippen molar-refractivity contribution in [2.75, 3.05) is 7.05 Å². The molecule has 0 radical (unpaired) electrons. The van der Waals surface area contributed by atoms with E-state index in [1.807, 2.05) is 4.90 Å². The first-order chi connectivity index (χ1) is 13.0. The van der Waals surface area contributed by atoms with Crippen molar-refractivity contribution >= 4 is 11.9 Å². The summed E-state index contributed by atoms with van der Waals surface area (Å²) in [5.41, 5.74) is -2.13. The summed E-state index contributed by atoms with van der Waals surface area (Å²) < 4.78 is 43.7. The van der Waals surface area contributed by atoms with E-state index in [-0.39, 0.29) is 23.9 Å². The quantitative estimate of drug-likeness (QED) is 0.733. The van der Waals surface area contributed by atoms with Gasteiger partial charge in [0.05, 0.1) is 16.7 Å². The number of aromatic nitrogens is 1. The molecule has 3 heterocycles. The molecule has 2 saturated heterocycles. The predicted octanol–water partition coefficient (Wildman–Crippen LogP) is 2.57. The van der Waals surface area contributed by atoms with Gasteiger partial charge in [-0.05, 0) is 32.4 Å². The van der Waals surface area contributed by atoms with E-state index in [4.69, 9.17) is 9.84 Å². The van der Waals surface area contributed by atoms with Crippen LogP contribution in [0.2, 0.25) is 0 Å². The number of halogens is 3. The van der Waals surface area contributed by atoms with E-state index >= 15 is 0 Å². The van der Waals surface area contributed by atoms with Crippen LogP contribution in [0.4, 0.5) is 13.2 Å². The highest BCUT2D eigenvalue weighted by molar-refractivity contribution is 5.96. The number of hydrogen-bond donors (Lipinski definition) is 2. The topological polar surface area (TPSA) is 100.0 Å². The van der Waals surface area contributed by atoms with Gasteiger partial charge in [-0.25, -0.2) is 14.6 Å². The SMILES string of the molecule is CN1C2CCC1(/C(=C\C(=O)O)C(=O)O)CC(Oc1ccc(C(F)(F)F)cn1)C2. The van der Waals surface area contributed by atoms with E-state index in [0.717, 1.165) is 12.1 Å². The van der Waals surface area contributed by atoms with Crippen molar-refractivity contribution in [3.8, 4) is 5.88 Å². The average Bonchev–Trinajstić information content (AvgIpc) is 2.78. The molecule has 2 aliphatic heterocycles. The Hall–Kier alpha value is -2.62. The van der Waals surface area contributed by atoms with E-state index in [2.05, 4.69) is 4.98 Å². The van der Waals surface area contributed by atoms with Crippen molar-refractivity contribution in [1.29, 1.82) is 0 Å². The van der Waals surface area contributed by atoms with Crippen molar-refractivity contribution < 1.29 is 37.7 Å². The van der Waals surface area contributed by atoms with Gasteiger partial charge in [0.2, 0.25) is 5.88 Å². The summed E-state index contributed by atoms with van der Waals surface area (Å²) in [6.07, 6.45) is -1.73. The first-order valence-electron chi connectivity index (χ1n) is 8.64. The van der Waals surface area contributed by atoms with E-state index in [0.29, 0.717) is 31.5 Å². The van der Waals surface area contributed by atoms with E-state index in [1.54, 1.807) is 7.05 Å². The predicted molar refractivity (Wildman–Crippen MR) is 89.8 cm³/mol. The Bertz CT molecular complexity index is 808. The molecular formula is C18H19F3N2O5. The summed E-state index contributed by atoms with van der Waals surface area (Å²) in [7, 11) is 1.75. The first kappa shape index (κ1) is 20.1. The van der Waals surface area contributed by atoms with Crippen molar-refractivity contribution in [2.45, 2.75) is 49.5 Å². The molecule has 3 unspecified atom stereocenters. The minimum Gasteiger partial charge on any atom is -0.478 e. The normalized spacial score (nSPS) is 28.2. The number of pyridine rings is 1. The maximum absolute atomic E-state index is 12.7. The fourth-order valence-corrected chi connectivity index (χ4v) is 4.24. The molecule has 0 aliphatic carbocycles. The summed E-state index contributed by atoms with van der Waals surface area (Å²) in [5.74, 6) is -2.66. The summed E-state index contributed by atoms with van der Waals surface area (Å²) in [6.45, 7) is 0. The Morgan fingerprint density at radius 2 is 2.07 bits per heavy atom. The van der Waals surface area contributed by atoms with E-state index < -0.39 is 35.3 Å². The standard InChI is InChI=1S/C18H19F3N2O5/c1-23-11-4-5-17(23,13(16(26)27)7-15(24)25)8-12(6-11)28-14-3-2-10(9-22-14)18(19,20)21/h2-3,7,9,11-12H,4-6,8H2,1H3,(H,24,25)(H,26,27)/b13-7-. The van der Waals surface area contributed by atoms with Crippen LogP contribution in [0, 0.1) is 0 Å². The minimum atomic E-state index is -4.50. The fraction of sp³-hybridized carbons (Fsp3) is 0.500. The number of carbonyl (C=O) groups is 2. The van der Waals surface area contributed by atoms with Gasteiger partial charge in [-0.3, -0.25) is 4.90 Å². The van der Waals surface area contributed by atoms with Gasteiger partial charge in [-0.2, -0.15) is 13.2 Å². The lowest BCUT2D eigenvalue weighted by atomic mass is 9.80. The number of piperidine rings is 1. The maximum Gasteiger partial charge on any atom is 0.417 e. The van der Waals surface area contributed by atoms with Gasteiger partial charge in [-0.15, -0.1) is 0 Å². The molecule has 0 spiro atoms. The summed E-state index contributed by atoms with van der Waals surface area (Å²) in [4.78, 5) is 28.4. The molecule has 0 saturated carbocycles. The number of fused-ring (bicyclic) bond motifs is 2. The number of alkyl halides is 3. The number of rotatable bonds is 5. The number of carboxylic acid groups (broad SMARTS) is 2. The molecule has 1 aromatic rings. The highest BCUT2D eigenvalue weighted by atomic mass is 19.4. The average molecular weight is 400 g/mol. The Balaban J connectivity index is 1.84. The Kier molecular flexibility index (Phi) is 5.09. The number of hydrogen-bond acceptors (Lipinski definition) is 5. The van der Waals surface area contributed by atoms with Crippen LogP contribution >= 0.6 is 0 Å². The Labute approximate surface area is 158 Å². The zero-order valence-electron chi connectivity index (χ0n) is 14.9. The molecular weight excluding hydrogens is 381 g/mol. The lowest BCUT2D eigenvalue weighted by Crippen LogP contribution is -2.55. The number of likely N-dealkylation sites (N-methyl/N-ethyl adjacent to an activating group) is 1. The largest absolute Gasteiger partial charge is 0.478 e. The van der Waals surface area contributed by atoms with Crippen LogP contribution < -0.4 is 4.74 Å². The zero-order chi connectivity index (χ0) is 20.7. The van der Waals surface area contributed by atoms with Crippen molar-refractivity contribution in [1.82, 2.24) is 9.88 Å². The number of carboxylic acids is 2. The third kappa shape index (κ3) is 3.68. The van der Waals surface area contributed by atoms with Crippen LogP contribution in [0.3, 0.4) is 0 Å². The molecule has 0 amide bonds. The molecule has 10 heteroatoms. The lowest BCUT2D eigenvalue weighted by Gasteiger charge is -2.45. The molecule has 2 bridgehead atoms. The summed E-state index contributed by atoms with van der Waals surface area (Å²) in [6, 6.07) is 1.97. The van der Waals surface area contributed by atoms with Crippen LogP contribution in [0.5, 0.6) is 5.88 Å². The molecule has 1 aromatic heterocycles. The minimum absolute atomic E-state index is 0.0104. The van der Waals surface area contributed by atoms with Gasteiger partial charge >= 0.3 is 18.1 Å². The van der Waals surface area contributed by atoms with Crippen molar-refractivity contribution in [2.24, 2.45) is 0 Å². The van der Waals surface area contributed by atoms with Crippen LogP contribution in [-0.2, 0) is 15.8 Å². The van der Waals surface area contributed by atoms with E-state index in [9.17, 15) is 27.9 Å². The second-order valence-corrected chi connectivity index (χ2v) is 7.10. The zero-order valence-corrected chi connectivity index (χ0v) is 14.9. The smallest absolute Gasteiger partial charge is 0.417 e. The number of aliphatic carboxylic acids is 2. The number of nitrogens with zero attached hydrogens (tertiary/aromatic N) is 2. The Morgan fingerprint density at radius 3 is 2.61 bits per heavy atom. The third-order valence-electron chi connectivity index (χ3n) is 5.57. The van der Waals surface area contributed by atoms with Crippen LogP contribution in [0.1, 0.15) is 31.2 Å². The molecule has 3 rings (SSSR count). The number of ether oxygens (including phenoxy) is 1. The molecule has 3 atom stereocenters.